The zero-order valence-corrected chi connectivity index (χ0v) is 12.2. The van der Waals surface area contributed by atoms with Crippen molar-refractivity contribution in [3.05, 3.63) is 30.1 Å². The van der Waals surface area contributed by atoms with E-state index in [9.17, 15) is 0 Å². The van der Waals surface area contributed by atoms with Gasteiger partial charge in [-0.3, -0.25) is 4.98 Å². The van der Waals surface area contributed by atoms with Crippen LogP contribution in [0, 0.1) is 0 Å². The standard InChI is InChI=1S/C12H21N3OSi/c1-12(2,3)17(4,5)16-15-11(13)10-6-8-14-9-7-10/h6-9H,1-5H3,(H2,13,15). The Morgan fingerprint density at radius 2 is 1.82 bits per heavy atom. The van der Waals surface area contributed by atoms with Crippen LogP contribution in [0.15, 0.2) is 29.7 Å². The Morgan fingerprint density at radius 1 is 1.29 bits per heavy atom. The van der Waals surface area contributed by atoms with E-state index >= 15 is 0 Å². The summed E-state index contributed by atoms with van der Waals surface area (Å²) in [6.45, 7) is 10.8. The Hall–Kier alpha value is -1.36. The smallest absolute Gasteiger partial charge is 0.286 e. The van der Waals surface area contributed by atoms with Gasteiger partial charge >= 0.3 is 0 Å². The van der Waals surface area contributed by atoms with Crippen molar-refractivity contribution in [2.24, 2.45) is 10.9 Å². The van der Waals surface area contributed by atoms with E-state index in [1.807, 2.05) is 12.1 Å². The average Bonchev–Trinajstić information content (AvgIpc) is 2.25. The minimum atomic E-state index is -1.88. The number of amidine groups is 1. The predicted octanol–water partition coefficient (Wildman–Crippen LogP) is 2.72. The van der Waals surface area contributed by atoms with Crippen LogP contribution in [-0.2, 0) is 4.53 Å². The molecule has 0 spiro atoms. The van der Waals surface area contributed by atoms with Crippen LogP contribution in [-0.4, -0.2) is 19.1 Å². The van der Waals surface area contributed by atoms with Gasteiger partial charge in [0.05, 0.1) is 0 Å². The maximum atomic E-state index is 5.86. The van der Waals surface area contributed by atoms with Crippen LogP contribution in [0.3, 0.4) is 0 Å². The zero-order chi connectivity index (χ0) is 13.1. The number of hydrogen-bond acceptors (Lipinski definition) is 3. The van der Waals surface area contributed by atoms with Crippen LogP contribution in [0.4, 0.5) is 0 Å². The van der Waals surface area contributed by atoms with Crippen LogP contribution in [0.25, 0.3) is 0 Å². The number of hydrogen-bond donors (Lipinski definition) is 1. The van der Waals surface area contributed by atoms with Gasteiger partial charge in [0.25, 0.3) is 8.32 Å². The van der Waals surface area contributed by atoms with Crippen LogP contribution in [0.5, 0.6) is 0 Å². The van der Waals surface area contributed by atoms with Gasteiger partial charge in [-0.2, -0.15) is 0 Å². The topological polar surface area (TPSA) is 60.5 Å². The Kier molecular flexibility index (Phi) is 3.93. The molecule has 0 unspecified atom stereocenters. The summed E-state index contributed by atoms with van der Waals surface area (Å²) in [5, 5.41) is 4.18. The van der Waals surface area contributed by atoms with E-state index in [0.29, 0.717) is 5.84 Å². The van der Waals surface area contributed by atoms with E-state index in [4.69, 9.17) is 10.3 Å². The molecule has 2 N–H and O–H groups in total. The second-order valence-electron chi connectivity index (χ2n) is 5.56. The van der Waals surface area contributed by atoms with E-state index in [1.54, 1.807) is 12.4 Å². The summed E-state index contributed by atoms with van der Waals surface area (Å²) in [7, 11) is -1.88. The van der Waals surface area contributed by atoms with E-state index in [-0.39, 0.29) is 5.04 Å². The number of oxime groups is 1. The highest BCUT2D eigenvalue weighted by molar-refractivity contribution is 6.74. The van der Waals surface area contributed by atoms with Gasteiger partial charge in [0.15, 0.2) is 5.84 Å². The molecule has 0 aliphatic heterocycles. The molecule has 0 aliphatic carbocycles. The second kappa shape index (κ2) is 4.87. The van der Waals surface area contributed by atoms with E-state index in [0.717, 1.165) is 5.56 Å². The molecule has 1 aromatic heterocycles. The molecule has 0 bridgehead atoms. The lowest BCUT2D eigenvalue weighted by Gasteiger charge is -2.33. The number of nitrogens with zero attached hydrogens (tertiary/aromatic N) is 2. The number of rotatable bonds is 3. The molecule has 4 nitrogen and oxygen atoms in total. The molecule has 5 heteroatoms. The van der Waals surface area contributed by atoms with Crippen molar-refractivity contribution < 1.29 is 4.53 Å². The summed E-state index contributed by atoms with van der Waals surface area (Å²) >= 11 is 0. The molecule has 1 aromatic rings. The molecule has 0 aromatic carbocycles. The normalized spacial score (nSPS) is 13.6. The van der Waals surface area contributed by atoms with Crippen molar-refractivity contribution in [3.8, 4) is 0 Å². The van der Waals surface area contributed by atoms with Crippen molar-refractivity contribution in [2.75, 3.05) is 0 Å². The van der Waals surface area contributed by atoms with Crippen LogP contribution in [0.2, 0.25) is 18.1 Å². The monoisotopic (exact) mass is 251 g/mol. The van der Waals surface area contributed by atoms with Gasteiger partial charge in [0.2, 0.25) is 0 Å². The first-order valence-electron chi connectivity index (χ1n) is 5.66. The highest BCUT2D eigenvalue weighted by Crippen LogP contribution is 2.36. The molecular weight excluding hydrogens is 230 g/mol. The van der Waals surface area contributed by atoms with Crippen molar-refractivity contribution in [2.45, 2.75) is 38.9 Å². The van der Waals surface area contributed by atoms with Gasteiger partial charge in [-0.25, -0.2) is 0 Å². The van der Waals surface area contributed by atoms with Gasteiger partial charge in [-0.1, -0.05) is 25.9 Å². The summed E-state index contributed by atoms with van der Waals surface area (Å²) in [5.41, 5.74) is 6.70. The van der Waals surface area contributed by atoms with Crippen molar-refractivity contribution in [1.82, 2.24) is 4.98 Å². The average molecular weight is 251 g/mol. The summed E-state index contributed by atoms with van der Waals surface area (Å²) < 4.78 is 5.69. The van der Waals surface area contributed by atoms with Crippen LogP contribution in [0.1, 0.15) is 26.3 Å². The quantitative estimate of drug-likeness (QED) is 0.389. The summed E-state index contributed by atoms with van der Waals surface area (Å²) in [5.74, 6) is 0.400. The first-order chi connectivity index (χ1) is 7.74. The van der Waals surface area contributed by atoms with Crippen LogP contribution < -0.4 is 5.73 Å². The fraction of sp³-hybridized carbons (Fsp3) is 0.500. The predicted molar refractivity (Wildman–Crippen MR) is 73.2 cm³/mol. The minimum Gasteiger partial charge on any atom is -0.453 e. The molecule has 1 rings (SSSR count). The maximum absolute atomic E-state index is 5.86. The first kappa shape index (κ1) is 13.7. The molecule has 94 valence electrons. The Balaban J connectivity index is 2.79. The fourth-order valence-corrected chi connectivity index (χ4v) is 1.48. The number of nitrogens with two attached hydrogens (primary N) is 1. The highest BCUT2D eigenvalue weighted by Gasteiger charge is 2.39. The lowest BCUT2D eigenvalue weighted by atomic mass is 10.2. The second-order valence-corrected chi connectivity index (χ2v) is 10.3. The van der Waals surface area contributed by atoms with Gasteiger partial charge in [0, 0.05) is 18.0 Å². The Bertz CT molecular complexity index is 396. The van der Waals surface area contributed by atoms with Crippen LogP contribution >= 0.6 is 0 Å². The molecule has 0 aliphatic rings. The third kappa shape index (κ3) is 3.56. The van der Waals surface area contributed by atoms with Gasteiger partial charge in [-0.15, -0.1) is 0 Å². The molecule has 17 heavy (non-hydrogen) atoms. The minimum absolute atomic E-state index is 0.120. The molecule has 0 radical (unpaired) electrons. The SMILES string of the molecule is CC(C)(C)[Si](C)(C)O/N=C(\N)c1ccncc1. The Morgan fingerprint density at radius 3 is 2.29 bits per heavy atom. The lowest BCUT2D eigenvalue weighted by molar-refractivity contribution is 0.307. The highest BCUT2D eigenvalue weighted by atomic mass is 28.4. The molecule has 0 amide bonds. The van der Waals surface area contributed by atoms with Gasteiger partial charge in [0.1, 0.15) is 0 Å². The van der Waals surface area contributed by atoms with E-state index in [2.05, 4.69) is 44.0 Å². The summed E-state index contributed by atoms with van der Waals surface area (Å²) in [4.78, 5) is 3.93. The summed E-state index contributed by atoms with van der Waals surface area (Å²) in [6, 6.07) is 3.63. The largest absolute Gasteiger partial charge is 0.453 e. The number of aromatic nitrogens is 1. The Labute approximate surface area is 104 Å². The molecule has 0 saturated carbocycles. The molecule has 0 atom stereocenters. The molecule has 1 heterocycles. The van der Waals surface area contributed by atoms with Crippen molar-refractivity contribution in [1.29, 1.82) is 0 Å². The third-order valence-corrected chi connectivity index (χ3v) is 7.31. The third-order valence-electron chi connectivity index (χ3n) is 3.15. The fourth-order valence-electron chi connectivity index (χ4n) is 0.876. The van der Waals surface area contributed by atoms with E-state index in [1.165, 1.54) is 0 Å². The number of pyridine rings is 1. The van der Waals surface area contributed by atoms with Gasteiger partial charge < -0.3 is 10.3 Å². The first-order valence-corrected chi connectivity index (χ1v) is 8.57. The molecule has 0 saturated heterocycles. The maximum Gasteiger partial charge on any atom is 0.286 e. The van der Waals surface area contributed by atoms with E-state index < -0.39 is 8.32 Å². The summed E-state index contributed by atoms with van der Waals surface area (Å²) in [6.07, 6.45) is 3.37. The zero-order valence-electron chi connectivity index (χ0n) is 11.2. The van der Waals surface area contributed by atoms with Gasteiger partial charge in [-0.05, 0) is 30.3 Å². The van der Waals surface area contributed by atoms with Crippen molar-refractivity contribution in [3.63, 3.8) is 0 Å². The molecular formula is C12H21N3OSi. The molecule has 0 fully saturated rings. The van der Waals surface area contributed by atoms with Crippen molar-refractivity contribution >= 4 is 14.2 Å². The lowest BCUT2D eigenvalue weighted by Crippen LogP contribution is -2.39.